The van der Waals surface area contributed by atoms with E-state index in [1.807, 2.05) is 22.6 Å². The fourth-order valence-electron chi connectivity index (χ4n) is 2.41. The van der Waals surface area contributed by atoms with Crippen molar-refractivity contribution in [2.75, 3.05) is 10.6 Å². The van der Waals surface area contributed by atoms with Crippen LogP contribution < -0.4 is 10.6 Å². The molecule has 0 bridgehead atoms. The molecule has 2 amide bonds. The smallest absolute Gasteiger partial charge is 0.240 e. The molecule has 0 saturated heterocycles. The van der Waals surface area contributed by atoms with Crippen molar-refractivity contribution in [2.24, 2.45) is 5.41 Å². The first kappa shape index (κ1) is 17.4. The maximum absolute atomic E-state index is 12.9. The van der Waals surface area contributed by atoms with Crippen LogP contribution in [0.1, 0.15) is 18.4 Å². The van der Waals surface area contributed by atoms with E-state index in [2.05, 4.69) is 16.7 Å². The summed E-state index contributed by atoms with van der Waals surface area (Å²) in [6, 6.07) is 12.4. The lowest BCUT2D eigenvalue weighted by atomic mass is 10.0. The van der Waals surface area contributed by atoms with Crippen molar-refractivity contribution in [3.05, 3.63) is 57.4 Å². The molecule has 1 saturated carbocycles. The Hall–Kier alpha value is -2.47. The number of benzene rings is 2. The lowest BCUT2D eigenvalue weighted by molar-refractivity contribution is -0.131. The predicted octanol–water partition coefficient (Wildman–Crippen LogP) is 3.66. The highest BCUT2D eigenvalue weighted by molar-refractivity contribution is 14.1. The van der Waals surface area contributed by atoms with E-state index in [-0.39, 0.29) is 0 Å². The Morgan fingerprint density at radius 3 is 2.16 bits per heavy atom. The lowest BCUT2D eigenvalue weighted by Crippen LogP contribution is -2.35. The highest BCUT2D eigenvalue weighted by atomic mass is 127. The number of amides is 2. The van der Waals surface area contributed by atoms with Gasteiger partial charge >= 0.3 is 0 Å². The van der Waals surface area contributed by atoms with Crippen LogP contribution in [0.3, 0.4) is 0 Å². The molecule has 0 atom stereocenters. The second kappa shape index (κ2) is 6.80. The Balaban J connectivity index is 1.72. The largest absolute Gasteiger partial charge is 0.325 e. The first-order valence-corrected chi connectivity index (χ1v) is 8.61. The van der Waals surface area contributed by atoms with Gasteiger partial charge in [0.15, 0.2) is 0 Å². The van der Waals surface area contributed by atoms with Gasteiger partial charge < -0.3 is 10.6 Å². The van der Waals surface area contributed by atoms with Gasteiger partial charge in [-0.2, -0.15) is 5.26 Å². The molecule has 5 nitrogen and oxygen atoms in total. The minimum atomic E-state index is -1.12. The SMILES string of the molecule is N#Cc1cc(NC(=O)C2(C(=O)Nc3ccc(F)cc3)CC2)ccc1I. The normalized spacial score (nSPS) is 14.3. The van der Waals surface area contributed by atoms with E-state index in [1.54, 1.807) is 18.2 Å². The van der Waals surface area contributed by atoms with Gasteiger partial charge in [-0.3, -0.25) is 9.59 Å². The number of nitrogens with zero attached hydrogens (tertiary/aromatic N) is 1. The van der Waals surface area contributed by atoms with Crippen LogP contribution in [0, 0.1) is 26.1 Å². The summed E-state index contributed by atoms with van der Waals surface area (Å²) >= 11 is 2.04. The molecule has 0 radical (unpaired) electrons. The van der Waals surface area contributed by atoms with Crippen molar-refractivity contribution in [1.29, 1.82) is 5.26 Å². The Kier molecular flexibility index (Phi) is 4.72. The summed E-state index contributed by atoms with van der Waals surface area (Å²) in [5, 5.41) is 14.4. The molecule has 1 aliphatic carbocycles. The molecular formula is C18H13FIN3O2. The molecule has 0 spiro atoms. The number of halogens is 2. The topological polar surface area (TPSA) is 82.0 Å². The van der Waals surface area contributed by atoms with E-state index in [1.165, 1.54) is 24.3 Å². The number of nitriles is 1. The minimum Gasteiger partial charge on any atom is -0.325 e. The van der Waals surface area contributed by atoms with Crippen molar-refractivity contribution >= 4 is 45.8 Å². The number of carbonyl (C=O) groups excluding carboxylic acids is 2. The number of rotatable bonds is 4. The zero-order valence-electron chi connectivity index (χ0n) is 13.0. The first-order chi connectivity index (χ1) is 11.9. The molecule has 0 unspecified atom stereocenters. The Bertz CT molecular complexity index is 886. The molecule has 2 aromatic rings. The van der Waals surface area contributed by atoms with E-state index in [0.717, 1.165) is 3.57 Å². The van der Waals surface area contributed by atoms with Gasteiger partial charge in [0.25, 0.3) is 0 Å². The maximum atomic E-state index is 12.9. The summed E-state index contributed by atoms with van der Waals surface area (Å²) in [4.78, 5) is 25.0. The van der Waals surface area contributed by atoms with Crippen LogP contribution in [0.4, 0.5) is 15.8 Å². The van der Waals surface area contributed by atoms with E-state index in [4.69, 9.17) is 5.26 Å². The van der Waals surface area contributed by atoms with Gasteiger partial charge in [-0.05, 0) is 77.9 Å². The maximum Gasteiger partial charge on any atom is 0.240 e. The summed E-state index contributed by atoms with van der Waals surface area (Å²) in [6.07, 6.45) is 0.892. The van der Waals surface area contributed by atoms with Crippen LogP contribution in [0.5, 0.6) is 0 Å². The molecule has 3 rings (SSSR count). The molecule has 2 N–H and O–H groups in total. The zero-order chi connectivity index (χ0) is 18.0. The summed E-state index contributed by atoms with van der Waals surface area (Å²) in [6.45, 7) is 0. The number of carbonyl (C=O) groups is 2. The zero-order valence-corrected chi connectivity index (χ0v) is 15.1. The molecule has 1 fully saturated rings. The average Bonchev–Trinajstić information content (AvgIpc) is 3.40. The fourth-order valence-corrected chi connectivity index (χ4v) is 2.86. The average molecular weight is 449 g/mol. The van der Waals surface area contributed by atoms with Gasteiger partial charge in [-0.15, -0.1) is 0 Å². The van der Waals surface area contributed by atoms with E-state index in [0.29, 0.717) is 29.8 Å². The van der Waals surface area contributed by atoms with Gasteiger partial charge in [-0.25, -0.2) is 4.39 Å². The van der Waals surface area contributed by atoms with Crippen LogP contribution in [-0.4, -0.2) is 11.8 Å². The van der Waals surface area contributed by atoms with Crippen molar-refractivity contribution in [3.63, 3.8) is 0 Å². The van der Waals surface area contributed by atoms with Crippen molar-refractivity contribution < 1.29 is 14.0 Å². The second-order valence-electron chi connectivity index (χ2n) is 5.80. The van der Waals surface area contributed by atoms with E-state index >= 15 is 0 Å². The molecule has 7 heteroatoms. The monoisotopic (exact) mass is 449 g/mol. The highest BCUT2D eigenvalue weighted by Gasteiger charge is 2.56. The third kappa shape index (κ3) is 3.64. The van der Waals surface area contributed by atoms with E-state index < -0.39 is 23.0 Å². The van der Waals surface area contributed by atoms with Crippen LogP contribution >= 0.6 is 22.6 Å². The Labute approximate surface area is 157 Å². The molecule has 2 aromatic carbocycles. The van der Waals surface area contributed by atoms with Crippen LogP contribution in [0.15, 0.2) is 42.5 Å². The Morgan fingerprint density at radius 1 is 1.04 bits per heavy atom. The van der Waals surface area contributed by atoms with Crippen molar-refractivity contribution in [3.8, 4) is 6.07 Å². The number of hydrogen-bond donors (Lipinski definition) is 2. The van der Waals surface area contributed by atoms with Crippen molar-refractivity contribution in [2.45, 2.75) is 12.8 Å². The van der Waals surface area contributed by atoms with E-state index in [9.17, 15) is 14.0 Å². The Morgan fingerprint density at radius 2 is 1.60 bits per heavy atom. The highest BCUT2D eigenvalue weighted by Crippen LogP contribution is 2.47. The third-order valence-electron chi connectivity index (χ3n) is 4.07. The molecule has 25 heavy (non-hydrogen) atoms. The number of anilines is 2. The van der Waals surface area contributed by atoms with Gasteiger partial charge in [0.1, 0.15) is 17.3 Å². The molecule has 1 aliphatic rings. The molecular weight excluding hydrogens is 436 g/mol. The summed E-state index contributed by atoms with van der Waals surface area (Å²) in [5.41, 5.74) is 0.248. The van der Waals surface area contributed by atoms with Gasteiger partial charge in [0.05, 0.1) is 5.56 Å². The number of hydrogen-bond acceptors (Lipinski definition) is 3. The quantitative estimate of drug-likeness (QED) is 0.553. The summed E-state index contributed by atoms with van der Waals surface area (Å²) in [7, 11) is 0. The van der Waals surface area contributed by atoms with Crippen LogP contribution in [-0.2, 0) is 9.59 Å². The molecule has 126 valence electrons. The lowest BCUT2D eigenvalue weighted by Gasteiger charge is -2.15. The van der Waals surface area contributed by atoms with Crippen molar-refractivity contribution in [1.82, 2.24) is 0 Å². The summed E-state index contributed by atoms with van der Waals surface area (Å²) < 4.78 is 13.7. The fraction of sp³-hybridized carbons (Fsp3) is 0.167. The number of nitrogens with one attached hydrogen (secondary N) is 2. The molecule has 0 heterocycles. The predicted molar refractivity (Wildman–Crippen MR) is 99.2 cm³/mol. The van der Waals surface area contributed by atoms with Gasteiger partial charge in [0.2, 0.25) is 11.8 Å². The van der Waals surface area contributed by atoms with Gasteiger partial charge in [0, 0.05) is 14.9 Å². The minimum absolute atomic E-state index is 0.399. The molecule has 0 aromatic heterocycles. The third-order valence-corrected chi connectivity index (χ3v) is 5.01. The standard InChI is InChI=1S/C18H13FIN3O2/c19-12-1-3-13(4-2-12)22-16(24)18(7-8-18)17(25)23-14-5-6-15(20)11(9-14)10-21/h1-6,9H,7-8H2,(H,22,24)(H,23,25). The molecule has 0 aliphatic heterocycles. The van der Waals surface area contributed by atoms with Crippen LogP contribution in [0.25, 0.3) is 0 Å². The van der Waals surface area contributed by atoms with Gasteiger partial charge in [-0.1, -0.05) is 0 Å². The van der Waals surface area contributed by atoms with Crippen LogP contribution in [0.2, 0.25) is 0 Å². The first-order valence-electron chi connectivity index (χ1n) is 7.53. The second-order valence-corrected chi connectivity index (χ2v) is 6.97. The summed E-state index contributed by atoms with van der Waals surface area (Å²) in [5.74, 6) is -1.22.